The SMILES string of the molecule is CCC(C)(C)C(C)=O.c1ccc(P(c2ccccc2)c2ccccc2)cc1. The zero-order chi connectivity index (χ0) is 19.7. The molecule has 0 aliphatic carbocycles. The second-order valence-electron chi connectivity index (χ2n) is 7.14. The highest BCUT2D eigenvalue weighted by molar-refractivity contribution is 7.79. The molecule has 3 aromatic rings. The van der Waals surface area contributed by atoms with Crippen LogP contribution in [0.25, 0.3) is 0 Å². The molecule has 0 spiro atoms. The lowest BCUT2D eigenvalue weighted by Gasteiger charge is -2.18. The van der Waals surface area contributed by atoms with Gasteiger partial charge in [0.1, 0.15) is 5.78 Å². The lowest BCUT2D eigenvalue weighted by atomic mass is 9.86. The van der Waals surface area contributed by atoms with Crippen molar-refractivity contribution in [1.29, 1.82) is 0 Å². The normalized spacial score (nSPS) is 10.9. The number of ketones is 1. The maximum absolute atomic E-state index is 10.7. The summed E-state index contributed by atoms with van der Waals surface area (Å²) in [4.78, 5) is 10.7. The van der Waals surface area contributed by atoms with Gasteiger partial charge in [0.05, 0.1) is 0 Å². The van der Waals surface area contributed by atoms with E-state index in [9.17, 15) is 4.79 Å². The van der Waals surface area contributed by atoms with Gasteiger partial charge in [0.2, 0.25) is 0 Å². The van der Waals surface area contributed by atoms with Crippen molar-refractivity contribution in [2.24, 2.45) is 5.41 Å². The summed E-state index contributed by atoms with van der Waals surface area (Å²) < 4.78 is 0. The molecule has 0 heterocycles. The fourth-order valence-electron chi connectivity index (χ4n) is 2.43. The van der Waals surface area contributed by atoms with Gasteiger partial charge in [0.15, 0.2) is 0 Å². The zero-order valence-electron chi connectivity index (χ0n) is 16.7. The average molecular weight is 376 g/mol. The van der Waals surface area contributed by atoms with Crippen molar-refractivity contribution in [3.8, 4) is 0 Å². The Morgan fingerprint density at radius 2 is 1.00 bits per heavy atom. The van der Waals surface area contributed by atoms with Crippen molar-refractivity contribution in [2.75, 3.05) is 0 Å². The molecule has 0 unspecified atom stereocenters. The maximum atomic E-state index is 10.7. The Labute approximate surface area is 165 Å². The van der Waals surface area contributed by atoms with Gasteiger partial charge >= 0.3 is 0 Å². The van der Waals surface area contributed by atoms with Gasteiger partial charge in [-0.15, -0.1) is 0 Å². The molecule has 0 fully saturated rings. The van der Waals surface area contributed by atoms with E-state index in [1.165, 1.54) is 15.9 Å². The van der Waals surface area contributed by atoms with E-state index in [1.807, 2.05) is 20.8 Å². The summed E-state index contributed by atoms with van der Waals surface area (Å²) in [5.41, 5.74) is -0.0972. The summed E-state index contributed by atoms with van der Waals surface area (Å²) in [7, 11) is -0.446. The number of rotatable bonds is 5. The first kappa shape index (κ1) is 21.1. The Morgan fingerprint density at radius 1 is 0.704 bits per heavy atom. The quantitative estimate of drug-likeness (QED) is 0.541. The van der Waals surface area contributed by atoms with Crippen LogP contribution in [0.5, 0.6) is 0 Å². The van der Waals surface area contributed by atoms with E-state index >= 15 is 0 Å². The molecule has 27 heavy (non-hydrogen) atoms. The van der Waals surface area contributed by atoms with Crippen LogP contribution in [0.3, 0.4) is 0 Å². The van der Waals surface area contributed by atoms with E-state index in [0.29, 0.717) is 0 Å². The molecule has 0 atom stereocenters. The van der Waals surface area contributed by atoms with Crippen LogP contribution in [-0.4, -0.2) is 5.78 Å². The van der Waals surface area contributed by atoms with Crippen molar-refractivity contribution < 1.29 is 4.79 Å². The largest absolute Gasteiger partial charge is 0.299 e. The van der Waals surface area contributed by atoms with Crippen LogP contribution in [0.2, 0.25) is 0 Å². The minimum atomic E-state index is -0.446. The highest BCUT2D eigenvalue weighted by Crippen LogP contribution is 2.32. The zero-order valence-corrected chi connectivity index (χ0v) is 17.6. The average Bonchev–Trinajstić information content (AvgIpc) is 2.71. The third-order valence-electron chi connectivity index (χ3n) is 4.88. The van der Waals surface area contributed by atoms with E-state index in [1.54, 1.807) is 6.92 Å². The van der Waals surface area contributed by atoms with E-state index in [0.717, 1.165) is 6.42 Å². The molecule has 2 heteroatoms. The molecule has 0 saturated heterocycles. The second-order valence-corrected chi connectivity index (χ2v) is 9.36. The number of benzene rings is 3. The Morgan fingerprint density at radius 3 is 1.19 bits per heavy atom. The minimum absolute atomic E-state index is 0.0972. The highest BCUT2D eigenvalue weighted by Gasteiger charge is 2.19. The maximum Gasteiger partial charge on any atom is 0.135 e. The predicted octanol–water partition coefficient (Wildman–Crippen LogP) is 5.46. The van der Waals surface area contributed by atoms with Crippen molar-refractivity contribution in [1.82, 2.24) is 0 Å². The highest BCUT2D eigenvalue weighted by atomic mass is 31.1. The van der Waals surface area contributed by atoms with Gasteiger partial charge in [-0.25, -0.2) is 0 Å². The van der Waals surface area contributed by atoms with E-state index in [2.05, 4.69) is 91.0 Å². The molecule has 3 aromatic carbocycles. The monoisotopic (exact) mass is 376 g/mol. The van der Waals surface area contributed by atoms with Crippen LogP contribution in [-0.2, 0) is 4.79 Å². The molecule has 140 valence electrons. The molecular weight excluding hydrogens is 347 g/mol. The first-order valence-electron chi connectivity index (χ1n) is 9.42. The van der Waals surface area contributed by atoms with Crippen LogP contribution in [0, 0.1) is 5.41 Å². The molecule has 0 bridgehead atoms. The third kappa shape index (κ3) is 6.15. The van der Waals surface area contributed by atoms with Crippen LogP contribution in [0.4, 0.5) is 0 Å². The smallest absolute Gasteiger partial charge is 0.135 e. The lowest BCUT2D eigenvalue weighted by Crippen LogP contribution is -2.20. The summed E-state index contributed by atoms with van der Waals surface area (Å²) >= 11 is 0. The number of carbonyl (C=O) groups is 1. The molecular formula is C25H29OP. The Balaban J connectivity index is 0.000000279. The van der Waals surface area contributed by atoms with Gasteiger partial charge in [-0.3, -0.25) is 4.79 Å². The Hall–Kier alpha value is -2.24. The van der Waals surface area contributed by atoms with Gasteiger partial charge in [-0.1, -0.05) is 112 Å². The first-order valence-corrected chi connectivity index (χ1v) is 10.8. The van der Waals surface area contributed by atoms with Gasteiger partial charge in [-0.2, -0.15) is 0 Å². The molecule has 0 aromatic heterocycles. The number of hydrogen-bond donors (Lipinski definition) is 0. The number of hydrogen-bond acceptors (Lipinski definition) is 1. The first-order chi connectivity index (χ1) is 13.0. The molecule has 0 aliphatic rings. The number of carbonyl (C=O) groups excluding carboxylic acids is 1. The van der Waals surface area contributed by atoms with E-state index in [-0.39, 0.29) is 11.2 Å². The fourth-order valence-corrected chi connectivity index (χ4v) is 4.73. The second kappa shape index (κ2) is 10.2. The summed E-state index contributed by atoms with van der Waals surface area (Å²) in [5.74, 6) is 0.278. The summed E-state index contributed by atoms with van der Waals surface area (Å²) in [6.45, 7) is 7.61. The lowest BCUT2D eigenvalue weighted by molar-refractivity contribution is -0.124. The summed E-state index contributed by atoms with van der Waals surface area (Å²) in [5, 5.41) is 4.19. The summed E-state index contributed by atoms with van der Waals surface area (Å²) in [6, 6.07) is 32.3. The molecule has 0 aliphatic heterocycles. The third-order valence-corrected chi connectivity index (χ3v) is 7.32. The van der Waals surface area contributed by atoms with Crippen LogP contribution < -0.4 is 15.9 Å². The minimum Gasteiger partial charge on any atom is -0.299 e. The van der Waals surface area contributed by atoms with Crippen LogP contribution in [0.1, 0.15) is 34.1 Å². The Kier molecular flexibility index (Phi) is 7.95. The van der Waals surface area contributed by atoms with Crippen molar-refractivity contribution in [3.63, 3.8) is 0 Å². The van der Waals surface area contributed by atoms with Gasteiger partial charge < -0.3 is 0 Å². The molecule has 1 nitrogen and oxygen atoms in total. The van der Waals surface area contributed by atoms with Gasteiger partial charge in [0, 0.05) is 5.41 Å². The molecule has 0 N–H and O–H groups in total. The standard InChI is InChI=1S/C18H15P.C7H14O/c1-4-10-16(11-5-1)19(17-12-6-2-7-13-17)18-14-8-3-9-15-18;1-5-7(3,4)6(2)8/h1-15H;5H2,1-4H3. The van der Waals surface area contributed by atoms with Crippen molar-refractivity contribution in [3.05, 3.63) is 91.0 Å². The molecule has 3 rings (SSSR count). The number of Topliss-reactive ketones (excluding diaryl/α,β-unsaturated/α-hetero) is 1. The summed E-state index contributed by atoms with van der Waals surface area (Å²) in [6.07, 6.45) is 0.933. The fraction of sp³-hybridized carbons (Fsp3) is 0.240. The van der Waals surface area contributed by atoms with Crippen LogP contribution >= 0.6 is 7.92 Å². The molecule has 0 saturated carbocycles. The van der Waals surface area contributed by atoms with Crippen molar-refractivity contribution in [2.45, 2.75) is 34.1 Å². The molecule has 0 amide bonds. The topological polar surface area (TPSA) is 17.1 Å². The predicted molar refractivity (Wildman–Crippen MR) is 120 cm³/mol. The van der Waals surface area contributed by atoms with E-state index in [4.69, 9.17) is 0 Å². The van der Waals surface area contributed by atoms with Crippen molar-refractivity contribution >= 4 is 29.6 Å². The van der Waals surface area contributed by atoms with Crippen LogP contribution in [0.15, 0.2) is 91.0 Å². The van der Waals surface area contributed by atoms with Gasteiger partial charge in [-0.05, 0) is 37.2 Å². The molecule has 0 radical (unpaired) electrons. The Bertz CT molecular complexity index is 717. The van der Waals surface area contributed by atoms with E-state index < -0.39 is 7.92 Å². The van der Waals surface area contributed by atoms with Gasteiger partial charge in [0.25, 0.3) is 0 Å².